The van der Waals surface area contributed by atoms with E-state index in [9.17, 15) is 5.11 Å². The maximum absolute atomic E-state index is 10.6. The van der Waals surface area contributed by atoms with Gasteiger partial charge in [0.25, 0.3) is 0 Å². The van der Waals surface area contributed by atoms with Crippen molar-refractivity contribution >= 4 is 0 Å². The number of hydrogen-bond acceptors (Lipinski definition) is 2. The minimum Gasteiger partial charge on any atom is -0.390 e. The van der Waals surface area contributed by atoms with Crippen molar-refractivity contribution in [3.8, 4) is 0 Å². The number of rotatable bonds is 4. The lowest BCUT2D eigenvalue weighted by Gasteiger charge is -2.35. The summed E-state index contributed by atoms with van der Waals surface area (Å²) in [4.78, 5) is 0. The molecule has 0 spiro atoms. The number of hydrogen-bond donors (Lipinski definition) is 2. The summed E-state index contributed by atoms with van der Waals surface area (Å²) in [7, 11) is 0. The Kier molecular flexibility index (Phi) is 4.90. The molecule has 1 saturated carbocycles. The van der Waals surface area contributed by atoms with Crippen LogP contribution in [0.5, 0.6) is 0 Å². The highest BCUT2D eigenvalue weighted by atomic mass is 16.3. The van der Waals surface area contributed by atoms with Crippen LogP contribution in [0.3, 0.4) is 0 Å². The summed E-state index contributed by atoms with van der Waals surface area (Å²) in [6, 6.07) is 0. The lowest BCUT2D eigenvalue weighted by Crippen LogP contribution is -2.41. The zero-order valence-corrected chi connectivity index (χ0v) is 9.47. The largest absolute Gasteiger partial charge is 0.390 e. The Hall–Kier alpha value is -0.0800. The van der Waals surface area contributed by atoms with E-state index in [2.05, 4.69) is 6.92 Å². The van der Waals surface area contributed by atoms with Gasteiger partial charge in [-0.2, -0.15) is 0 Å². The first-order valence-corrected chi connectivity index (χ1v) is 6.15. The van der Waals surface area contributed by atoms with Crippen LogP contribution in [0.4, 0.5) is 0 Å². The second kappa shape index (κ2) is 5.72. The summed E-state index contributed by atoms with van der Waals surface area (Å²) in [5.41, 5.74) is 5.32. The van der Waals surface area contributed by atoms with Gasteiger partial charge in [-0.25, -0.2) is 0 Å². The Morgan fingerprint density at radius 1 is 1.21 bits per heavy atom. The Morgan fingerprint density at radius 3 is 2.21 bits per heavy atom. The first-order chi connectivity index (χ1) is 6.73. The lowest BCUT2D eigenvalue weighted by atomic mass is 9.79. The molecule has 0 aliphatic heterocycles. The Morgan fingerprint density at radius 2 is 1.79 bits per heavy atom. The zero-order chi connectivity index (χ0) is 10.4. The van der Waals surface area contributed by atoms with Crippen LogP contribution in [0.25, 0.3) is 0 Å². The smallest absolute Gasteiger partial charge is 0.0687 e. The monoisotopic (exact) mass is 199 g/mol. The van der Waals surface area contributed by atoms with E-state index in [1.807, 2.05) is 0 Å². The van der Waals surface area contributed by atoms with Crippen LogP contribution in [0, 0.1) is 5.92 Å². The van der Waals surface area contributed by atoms with Crippen LogP contribution in [0.15, 0.2) is 0 Å². The predicted molar refractivity (Wildman–Crippen MR) is 60.1 cm³/mol. The minimum atomic E-state index is -0.443. The second-order valence-corrected chi connectivity index (χ2v) is 4.74. The molecule has 2 heteroatoms. The molecule has 1 fully saturated rings. The fourth-order valence-electron chi connectivity index (χ4n) is 2.70. The van der Waals surface area contributed by atoms with Crippen molar-refractivity contribution in [1.82, 2.24) is 0 Å². The van der Waals surface area contributed by atoms with Crippen LogP contribution < -0.4 is 5.73 Å². The molecule has 0 amide bonds. The maximum atomic E-state index is 10.6. The van der Waals surface area contributed by atoms with Gasteiger partial charge in [-0.15, -0.1) is 0 Å². The van der Waals surface area contributed by atoms with Crippen molar-refractivity contribution in [3.05, 3.63) is 0 Å². The second-order valence-electron chi connectivity index (χ2n) is 4.74. The highest BCUT2D eigenvalue weighted by Crippen LogP contribution is 2.34. The maximum Gasteiger partial charge on any atom is 0.0687 e. The van der Waals surface area contributed by atoms with E-state index in [-0.39, 0.29) is 0 Å². The van der Waals surface area contributed by atoms with Gasteiger partial charge in [0.05, 0.1) is 5.60 Å². The highest BCUT2D eigenvalue weighted by Gasteiger charge is 2.35. The summed E-state index contributed by atoms with van der Waals surface area (Å²) in [5.74, 6) is 0.325. The quantitative estimate of drug-likeness (QED) is 0.683. The third-order valence-corrected chi connectivity index (χ3v) is 3.65. The molecule has 3 N–H and O–H groups in total. The molecule has 0 bridgehead atoms. The van der Waals surface area contributed by atoms with Crippen LogP contribution in [0.1, 0.15) is 58.3 Å². The molecule has 0 aromatic carbocycles. The molecule has 1 unspecified atom stereocenters. The van der Waals surface area contributed by atoms with Crippen LogP contribution in [-0.4, -0.2) is 17.3 Å². The lowest BCUT2D eigenvalue weighted by molar-refractivity contribution is -0.0321. The number of aliphatic hydroxyl groups is 1. The third-order valence-electron chi connectivity index (χ3n) is 3.65. The molecule has 0 saturated heterocycles. The van der Waals surface area contributed by atoms with Crippen LogP contribution in [-0.2, 0) is 0 Å². The summed E-state index contributed by atoms with van der Waals surface area (Å²) in [6.07, 6.45) is 9.06. The average molecular weight is 199 g/mol. The van der Waals surface area contributed by atoms with E-state index in [0.717, 1.165) is 25.7 Å². The van der Waals surface area contributed by atoms with Crippen molar-refractivity contribution in [1.29, 1.82) is 0 Å². The molecule has 1 aliphatic carbocycles. The SMILES string of the molecule is CCCC(CN)C1(O)CCCCCC1. The Labute approximate surface area is 87.9 Å². The van der Waals surface area contributed by atoms with Gasteiger partial charge in [0.2, 0.25) is 0 Å². The minimum absolute atomic E-state index is 0.325. The summed E-state index contributed by atoms with van der Waals surface area (Å²) >= 11 is 0. The van der Waals surface area contributed by atoms with Gasteiger partial charge in [0, 0.05) is 0 Å². The Bertz CT molecular complexity index is 150. The summed E-state index contributed by atoms with van der Waals surface area (Å²) in [6.45, 7) is 2.81. The normalized spacial score (nSPS) is 24.2. The molecular weight excluding hydrogens is 174 g/mol. The van der Waals surface area contributed by atoms with Crippen molar-refractivity contribution in [2.24, 2.45) is 11.7 Å². The van der Waals surface area contributed by atoms with Gasteiger partial charge in [-0.05, 0) is 31.7 Å². The highest BCUT2D eigenvalue weighted by molar-refractivity contribution is 4.88. The molecule has 0 aromatic rings. The molecule has 0 radical (unpaired) electrons. The molecule has 1 atom stereocenters. The van der Waals surface area contributed by atoms with Crippen molar-refractivity contribution in [2.75, 3.05) is 6.54 Å². The average Bonchev–Trinajstić information content (AvgIpc) is 2.40. The van der Waals surface area contributed by atoms with Gasteiger partial charge < -0.3 is 10.8 Å². The standard InChI is InChI=1S/C12H25NO/c1-2-7-11(10-13)12(14)8-5-3-4-6-9-12/h11,14H,2-10,13H2,1H3. The van der Waals surface area contributed by atoms with Crippen molar-refractivity contribution in [3.63, 3.8) is 0 Å². The van der Waals surface area contributed by atoms with Gasteiger partial charge >= 0.3 is 0 Å². The van der Waals surface area contributed by atoms with E-state index in [1.54, 1.807) is 0 Å². The summed E-state index contributed by atoms with van der Waals surface area (Å²) < 4.78 is 0. The third kappa shape index (κ3) is 2.96. The molecule has 14 heavy (non-hydrogen) atoms. The molecule has 1 aliphatic rings. The molecule has 1 rings (SSSR count). The molecule has 0 aromatic heterocycles. The fourth-order valence-corrected chi connectivity index (χ4v) is 2.70. The van der Waals surface area contributed by atoms with Gasteiger partial charge in [0.1, 0.15) is 0 Å². The zero-order valence-electron chi connectivity index (χ0n) is 9.47. The van der Waals surface area contributed by atoms with Crippen molar-refractivity contribution < 1.29 is 5.11 Å². The van der Waals surface area contributed by atoms with Crippen LogP contribution in [0.2, 0.25) is 0 Å². The van der Waals surface area contributed by atoms with Gasteiger partial charge in [0.15, 0.2) is 0 Å². The predicted octanol–water partition coefficient (Wildman–Crippen LogP) is 2.45. The first-order valence-electron chi connectivity index (χ1n) is 6.15. The van der Waals surface area contributed by atoms with Gasteiger partial charge in [-0.1, -0.05) is 39.0 Å². The van der Waals surface area contributed by atoms with E-state index >= 15 is 0 Å². The van der Waals surface area contributed by atoms with E-state index < -0.39 is 5.60 Å². The fraction of sp³-hybridized carbons (Fsp3) is 1.00. The molecule has 2 nitrogen and oxygen atoms in total. The Balaban J connectivity index is 2.57. The van der Waals surface area contributed by atoms with Crippen molar-refractivity contribution in [2.45, 2.75) is 63.9 Å². The van der Waals surface area contributed by atoms with E-state index in [4.69, 9.17) is 5.73 Å². The van der Waals surface area contributed by atoms with Gasteiger partial charge in [-0.3, -0.25) is 0 Å². The topological polar surface area (TPSA) is 46.2 Å². The van der Waals surface area contributed by atoms with E-state index in [0.29, 0.717) is 12.5 Å². The number of nitrogens with two attached hydrogens (primary N) is 1. The van der Waals surface area contributed by atoms with E-state index in [1.165, 1.54) is 25.7 Å². The molecule has 0 heterocycles. The molecular formula is C12H25NO. The molecule has 84 valence electrons. The van der Waals surface area contributed by atoms with Crippen LogP contribution >= 0.6 is 0 Å². The summed E-state index contributed by atoms with van der Waals surface area (Å²) in [5, 5.41) is 10.6. The first kappa shape index (κ1) is 12.0.